The van der Waals surface area contributed by atoms with Crippen molar-refractivity contribution in [2.24, 2.45) is 0 Å². The number of hydrogen-bond acceptors (Lipinski definition) is 5. The van der Waals surface area contributed by atoms with Crippen LogP contribution in [0.15, 0.2) is 41.3 Å². The number of morpholine rings is 1. The van der Waals surface area contributed by atoms with E-state index in [0.29, 0.717) is 18.0 Å². The summed E-state index contributed by atoms with van der Waals surface area (Å²) in [6.45, 7) is 7.89. The number of hydrogen-bond donors (Lipinski definition) is 1. The van der Waals surface area contributed by atoms with E-state index in [-0.39, 0.29) is 4.90 Å². The fourth-order valence-electron chi connectivity index (χ4n) is 3.25. The van der Waals surface area contributed by atoms with Gasteiger partial charge in [-0.1, -0.05) is 6.07 Å². The molecule has 3 rings (SSSR count). The number of rotatable bonds is 6. The maximum atomic E-state index is 12.8. The van der Waals surface area contributed by atoms with E-state index in [1.807, 2.05) is 13.8 Å². The minimum Gasteiger partial charge on any atom is -0.497 e. The van der Waals surface area contributed by atoms with E-state index < -0.39 is 10.1 Å². The largest absolute Gasteiger partial charge is 0.497 e. The van der Waals surface area contributed by atoms with Gasteiger partial charge in [-0.3, -0.25) is 0 Å². The third-order valence-electron chi connectivity index (χ3n) is 4.75. The minimum atomic E-state index is -3.92. The molecule has 1 aliphatic heterocycles. The molecule has 0 radical (unpaired) electrons. The summed E-state index contributed by atoms with van der Waals surface area (Å²) in [5, 5.41) is 0. The molecule has 6 nitrogen and oxygen atoms in total. The molecule has 1 heterocycles. The Morgan fingerprint density at radius 2 is 1.74 bits per heavy atom. The molecule has 1 saturated heterocycles. The number of aryl methyl sites for hydroxylation is 2. The van der Waals surface area contributed by atoms with Gasteiger partial charge in [-0.2, -0.15) is 8.42 Å². The Bertz CT molecular complexity index is 887. The predicted molar refractivity (Wildman–Crippen MR) is 102 cm³/mol. The Labute approximate surface area is 160 Å². The molecule has 2 aromatic rings. The average Bonchev–Trinajstić information content (AvgIpc) is 2.65. The number of nitrogens with one attached hydrogen (secondary N) is 1. The lowest BCUT2D eigenvalue weighted by molar-refractivity contribution is -0.921. The van der Waals surface area contributed by atoms with E-state index in [9.17, 15) is 8.42 Å². The van der Waals surface area contributed by atoms with Crippen LogP contribution in [0.4, 0.5) is 0 Å². The predicted octanol–water partition coefficient (Wildman–Crippen LogP) is 1.49. The van der Waals surface area contributed by atoms with Gasteiger partial charge >= 0.3 is 10.1 Å². The lowest BCUT2D eigenvalue weighted by Crippen LogP contribution is -3.12. The van der Waals surface area contributed by atoms with E-state index in [1.54, 1.807) is 18.2 Å². The molecule has 27 heavy (non-hydrogen) atoms. The number of methoxy groups -OCH3 is 1. The average molecular weight is 392 g/mol. The van der Waals surface area contributed by atoms with Gasteiger partial charge < -0.3 is 18.6 Å². The van der Waals surface area contributed by atoms with Crippen molar-refractivity contribution in [3.8, 4) is 11.5 Å². The molecule has 0 spiro atoms. The van der Waals surface area contributed by atoms with Crippen LogP contribution in [-0.4, -0.2) is 41.8 Å². The molecule has 1 fully saturated rings. The Morgan fingerprint density at radius 3 is 2.37 bits per heavy atom. The van der Waals surface area contributed by atoms with Crippen LogP contribution >= 0.6 is 0 Å². The Kier molecular flexibility index (Phi) is 6.04. The lowest BCUT2D eigenvalue weighted by atomic mass is 10.0. The zero-order valence-corrected chi connectivity index (χ0v) is 16.8. The van der Waals surface area contributed by atoms with Gasteiger partial charge in [-0.25, -0.2) is 0 Å². The van der Waals surface area contributed by atoms with Gasteiger partial charge in [0, 0.05) is 0 Å². The van der Waals surface area contributed by atoms with E-state index in [0.717, 1.165) is 43.0 Å². The summed E-state index contributed by atoms with van der Waals surface area (Å²) in [5.74, 6) is 0.999. The van der Waals surface area contributed by atoms with Crippen LogP contribution in [0.5, 0.6) is 11.5 Å². The second-order valence-electron chi connectivity index (χ2n) is 6.81. The van der Waals surface area contributed by atoms with Crippen molar-refractivity contribution in [1.29, 1.82) is 0 Å². The van der Waals surface area contributed by atoms with Crippen molar-refractivity contribution >= 4 is 10.1 Å². The highest BCUT2D eigenvalue weighted by atomic mass is 32.2. The SMILES string of the molecule is COc1ccc(S(=O)(=O)Oc2cc(C)cc(C)c2C[NH+]2CCOCC2)cc1. The van der Waals surface area contributed by atoms with Gasteiger partial charge in [0.1, 0.15) is 30.3 Å². The fraction of sp³-hybridized carbons (Fsp3) is 0.400. The van der Waals surface area contributed by atoms with Crippen LogP contribution in [0.3, 0.4) is 0 Å². The molecule has 2 aromatic carbocycles. The van der Waals surface area contributed by atoms with Crippen molar-refractivity contribution in [1.82, 2.24) is 0 Å². The zero-order chi connectivity index (χ0) is 19.4. The van der Waals surface area contributed by atoms with Gasteiger partial charge in [0.15, 0.2) is 5.75 Å². The molecule has 7 heteroatoms. The fourth-order valence-corrected chi connectivity index (χ4v) is 4.21. The standard InChI is InChI=1S/C20H25NO5S/c1-15-12-16(2)19(14-21-8-10-25-11-9-21)20(13-15)26-27(22,23)18-6-4-17(24-3)5-7-18/h4-7,12-13H,8-11,14H2,1-3H3/p+1. The molecular formula is C20H26NO5S+. The monoisotopic (exact) mass is 392 g/mol. The molecule has 0 aromatic heterocycles. The zero-order valence-electron chi connectivity index (χ0n) is 15.9. The summed E-state index contributed by atoms with van der Waals surface area (Å²) in [6.07, 6.45) is 0. The second-order valence-corrected chi connectivity index (χ2v) is 8.36. The van der Waals surface area contributed by atoms with Crippen LogP contribution in [-0.2, 0) is 21.4 Å². The summed E-state index contributed by atoms with van der Waals surface area (Å²) in [6, 6.07) is 10.0. The maximum absolute atomic E-state index is 12.8. The van der Waals surface area contributed by atoms with E-state index in [1.165, 1.54) is 24.1 Å². The molecule has 0 atom stereocenters. The van der Waals surface area contributed by atoms with Crippen LogP contribution in [0, 0.1) is 13.8 Å². The molecule has 0 bridgehead atoms. The Balaban J connectivity index is 1.90. The molecule has 0 saturated carbocycles. The minimum absolute atomic E-state index is 0.104. The first-order chi connectivity index (χ1) is 12.9. The number of ether oxygens (including phenoxy) is 2. The van der Waals surface area contributed by atoms with Crippen LogP contribution < -0.4 is 13.8 Å². The Hall–Kier alpha value is -2.09. The Morgan fingerprint density at radius 1 is 1.07 bits per heavy atom. The van der Waals surface area contributed by atoms with E-state index in [4.69, 9.17) is 13.7 Å². The first-order valence-corrected chi connectivity index (χ1v) is 10.4. The smallest absolute Gasteiger partial charge is 0.339 e. The van der Waals surface area contributed by atoms with Crippen molar-refractivity contribution in [3.63, 3.8) is 0 Å². The molecule has 0 aliphatic carbocycles. The topological polar surface area (TPSA) is 66.3 Å². The summed E-state index contributed by atoms with van der Waals surface area (Å²) >= 11 is 0. The summed E-state index contributed by atoms with van der Waals surface area (Å²) < 4.78 is 41.6. The van der Waals surface area contributed by atoms with Gasteiger partial charge in [0.25, 0.3) is 0 Å². The van der Waals surface area contributed by atoms with Crippen molar-refractivity contribution in [2.75, 3.05) is 33.4 Å². The number of benzene rings is 2. The van der Waals surface area contributed by atoms with Crippen molar-refractivity contribution < 1.29 is 27.0 Å². The third kappa shape index (κ3) is 4.80. The molecule has 1 N–H and O–H groups in total. The summed E-state index contributed by atoms with van der Waals surface area (Å²) in [4.78, 5) is 1.46. The molecule has 0 amide bonds. The molecule has 146 valence electrons. The van der Waals surface area contributed by atoms with Crippen molar-refractivity contribution in [2.45, 2.75) is 25.3 Å². The summed E-state index contributed by atoms with van der Waals surface area (Å²) in [7, 11) is -2.39. The van der Waals surface area contributed by atoms with Gasteiger partial charge in [-0.15, -0.1) is 0 Å². The van der Waals surface area contributed by atoms with Crippen molar-refractivity contribution in [3.05, 3.63) is 53.1 Å². The maximum Gasteiger partial charge on any atom is 0.339 e. The lowest BCUT2D eigenvalue weighted by Gasteiger charge is -2.25. The van der Waals surface area contributed by atoms with Crippen LogP contribution in [0.1, 0.15) is 16.7 Å². The van der Waals surface area contributed by atoms with Crippen LogP contribution in [0.2, 0.25) is 0 Å². The molecule has 0 unspecified atom stereocenters. The highest BCUT2D eigenvalue weighted by molar-refractivity contribution is 7.87. The van der Waals surface area contributed by atoms with E-state index in [2.05, 4.69) is 6.07 Å². The summed E-state index contributed by atoms with van der Waals surface area (Å²) in [5.41, 5.74) is 2.93. The molecule has 1 aliphatic rings. The van der Waals surface area contributed by atoms with Gasteiger partial charge in [0.2, 0.25) is 0 Å². The van der Waals surface area contributed by atoms with Crippen LogP contribution in [0.25, 0.3) is 0 Å². The first kappa shape index (κ1) is 19.7. The highest BCUT2D eigenvalue weighted by Gasteiger charge is 2.23. The molecular weight excluding hydrogens is 366 g/mol. The van der Waals surface area contributed by atoms with Gasteiger partial charge in [-0.05, 0) is 55.3 Å². The normalized spacial score (nSPS) is 15.5. The van der Waals surface area contributed by atoms with Gasteiger partial charge in [0.05, 0.1) is 25.9 Å². The quantitative estimate of drug-likeness (QED) is 0.755. The highest BCUT2D eigenvalue weighted by Crippen LogP contribution is 2.28. The first-order valence-electron chi connectivity index (χ1n) is 8.99. The number of quaternary nitrogens is 1. The third-order valence-corrected chi connectivity index (χ3v) is 6.00. The van der Waals surface area contributed by atoms with E-state index >= 15 is 0 Å². The second kappa shape index (κ2) is 8.29.